The number of rotatable bonds is 4. The van der Waals surface area contributed by atoms with Gasteiger partial charge in [0.15, 0.2) is 5.65 Å². The zero-order valence-electron chi connectivity index (χ0n) is 17.0. The van der Waals surface area contributed by atoms with Gasteiger partial charge in [0, 0.05) is 31.7 Å². The molecule has 8 nitrogen and oxygen atoms in total. The number of imidazole rings is 1. The lowest BCUT2D eigenvalue weighted by atomic mass is 10.1. The third-order valence-electron chi connectivity index (χ3n) is 5.74. The van der Waals surface area contributed by atoms with Crippen LogP contribution in [0.5, 0.6) is 0 Å². The maximum atomic E-state index is 13.5. The maximum Gasteiger partial charge on any atom is 0.330 e. The molecule has 0 unspecified atom stereocenters. The zero-order valence-corrected chi connectivity index (χ0v) is 17.0. The van der Waals surface area contributed by atoms with Crippen LogP contribution in [-0.2, 0) is 6.54 Å². The normalized spacial score (nSPS) is 16.5. The van der Waals surface area contributed by atoms with E-state index in [9.17, 15) is 9.59 Å². The largest absolute Gasteiger partial charge is 0.335 e. The summed E-state index contributed by atoms with van der Waals surface area (Å²) in [6.45, 7) is 1.55. The van der Waals surface area contributed by atoms with Crippen LogP contribution in [0.2, 0.25) is 0 Å². The van der Waals surface area contributed by atoms with E-state index >= 15 is 0 Å². The number of pyridine rings is 1. The Kier molecular flexibility index (Phi) is 5.03. The van der Waals surface area contributed by atoms with Gasteiger partial charge >= 0.3 is 5.69 Å². The first kappa shape index (κ1) is 19.2. The van der Waals surface area contributed by atoms with Crippen molar-refractivity contribution in [3.8, 4) is 0 Å². The number of carbonyl (C=O) groups excluding carboxylic acids is 1. The Labute approximate surface area is 178 Å². The molecule has 1 aliphatic heterocycles. The van der Waals surface area contributed by atoms with E-state index < -0.39 is 0 Å². The van der Waals surface area contributed by atoms with Gasteiger partial charge in [-0.05, 0) is 30.5 Å². The first-order chi connectivity index (χ1) is 15.2. The Bertz CT molecular complexity index is 1270. The second-order valence-corrected chi connectivity index (χ2v) is 7.71. The second-order valence-electron chi connectivity index (χ2n) is 7.71. The topological polar surface area (TPSA) is 85.9 Å². The van der Waals surface area contributed by atoms with Crippen LogP contribution < -0.4 is 5.69 Å². The van der Waals surface area contributed by atoms with Crippen molar-refractivity contribution in [1.29, 1.82) is 0 Å². The predicted octanol–water partition coefficient (Wildman–Crippen LogP) is 2.51. The zero-order chi connectivity index (χ0) is 21.2. The number of likely N-dealkylation sites (tertiary alicyclic amines) is 1. The van der Waals surface area contributed by atoms with E-state index in [1.54, 1.807) is 26.4 Å². The van der Waals surface area contributed by atoms with Crippen LogP contribution in [0.3, 0.4) is 0 Å². The highest BCUT2D eigenvalue weighted by Crippen LogP contribution is 2.25. The average Bonchev–Trinajstić information content (AvgIpc) is 3.11. The number of fused-ring (bicyclic) bond motifs is 1. The van der Waals surface area contributed by atoms with Crippen LogP contribution in [0.4, 0.5) is 0 Å². The number of aromatic nitrogens is 5. The minimum absolute atomic E-state index is 0.101. The molecular formula is C23H22N6O2. The predicted molar refractivity (Wildman–Crippen MR) is 116 cm³/mol. The Balaban J connectivity index is 1.50. The minimum atomic E-state index is -0.160. The first-order valence-corrected chi connectivity index (χ1v) is 10.4. The lowest BCUT2D eigenvalue weighted by Gasteiger charge is -2.32. The summed E-state index contributed by atoms with van der Waals surface area (Å²) in [7, 11) is 0. The number of nitrogens with zero attached hydrogens (tertiary/aromatic N) is 6. The van der Waals surface area contributed by atoms with E-state index in [1.165, 1.54) is 12.4 Å². The molecule has 0 N–H and O–H groups in total. The standard InChI is InChI=1S/C23H22N6O2/c30-22(19-14-24-11-12-25-19)27-13-5-8-18(16-27)29-21-20(9-4-10-26-21)28(23(29)31)15-17-6-2-1-3-7-17/h1-4,6-7,9-12,14,18H,5,8,13,15-16H2/t18-/m0/s1. The van der Waals surface area contributed by atoms with E-state index in [1.807, 2.05) is 42.5 Å². The van der Waals surface area contributed by atoms with Gasteiger partial charge in [0.05, 0.1) is 24.3 Å². The van der Waals surface area contributed by atoms with Gasteiger partial charge in [0.2, 0.25) is 0 Å². The van der Waals surface area contributed by atoms with Crippen molar-refractivity contribution in [2.75, 3.05) is 13.1 Å². The number of hydrogen-bond donors (Lipinski definition) is 0. The van der Waals surface area contributed by atoms with Crippen LogP contribution in [-0.4, -0.2) is 48.0 Å². The minimum Gasteiger partial charge on any atom is -0.335 e. The first-order valence-electron chi connectivity index (χ1n) is 10.4. The monoisotopic (exact) mass is 414 g/mol. The summed E-state index contributed by atoms with van der Waals surface area (Å²) in [5.41, 5.74) is 2.73. The molecule has 1 saturated heterocycles. The van der Waals surface area contributed by atoms with Crippen LogP contribution in [0.15, 0.2) is 72.0 Å². The summed E-state index contributed by atoms with van der Waals surface area (Å²) in [6.07, 6.45) is 7.86. The molecule has 1 amide bonds. The molecule has 31 heavy (non-hydrogen) atoms. The third kappa shape index (κ3) is 3.61. The van der Waals surface area contributed by atoms with Gasteiger partial charge in [-0.15, -0.1) is 0 Å². The average molecular weight is 414 g/mol. The fourth-order valence-electron chi connectivity index (χ4n) is 4.28. The molecule has 4 aromatic rings. The molecule has 4 heterocycles. The van der Waals surface area contributed by atoms with Gasteiger partial charge in [-0.1, -0.05) is 30.3 Å². The second kappa shape index (κ2) is 8.14. The summed E-state index contributed by atoms with van der Waals surface area (Å²) in [5, 5.41) is 0. The molecule has 5 rings (SSSR count). The quantitative estimate of drug-likeness (QED) is 0.512. The van der Waals surface area contributed by atoms with Crippen LogP contribution in [0.25, 0.3) is 11.2 Å². The number of amides is 1. The molecule has 3 aromatic heterocycles. The van der Waals surface area contributed by atoms with Crippen molar-refractivity contribution in [2.45, 2.75) is 25.4 Å². The van der Waals surface area contributed by atoms with Crippen molar-refractivity contribution in [1.82, 2.24) is 29.0 Å². The summed E-state index contributed by atoms with van der Waals surface area (Å²) >= 11 is 0. The molecule has 0 saturated carbocycles. The fourth-order valence-corrected chi connectivity index (χ4v) is 4.28. The van der Waals surface area contributed by atoms with Crippen molar-refractivity contribution in [3.63, 3.8) is 0 Å². The van der Waals surface area contributed by atoms with Gasteiger partial charge < -0.3 is 4.90 Å². The summed E-state index contributed by atoms with van der Waals surface area (Å²) in [6, 6.07) is 13.5. The fraction of sp³-hybridized carbons (Fsp3) is 0.261. The molecule has 1 fully saturated rings. The molecular weight excluding hydrogens is 392 g/mol. The molecule has 0 aliphatic carbocycles. The molecule has 0 bridgehead atoms. The number of benzene rings is 1. The van der Waals surface area contributed by atoms with E-state index in [0.29, 0.717) is 31.0 Å². The van der Waals surface area contributed by atoms with E-state index in [-0.39, 0.29) is 17.6 Å². The van der Waals surface area contributed by atoms with Gasteiger partial charge in [0.25, 0.3) is 5.91 Å². The highest BCUT2D eigenvalue weighted by atomic mass is 16.2. The number of hydrogen-bond acceptors (Lipinski definition) is 5. The van der Waals surface area contributed by atoms with E-state index in [2.05, 4.69) is 15.0 Å². The van der Waals surface area contributed by atoms with Crippen LogP contribution >= 0.6 is 0 Å². The molecule has 8 heteroatoms. The van der Waals surface area contributed by atoms with Crippen LogP contribution in [0.1, 0.15) is 34.9 Å². The van der Waals surface area contributed by atoms with Crippen molar-refractivity contribution in [2.24, 2.45) is 0 Å². The molecule has 1 atom stereocenters. The van der Waals surface area contributed by atoms with E-state index in [0.717, 1.165) is 23.9 Å². The third-order valence-corrected chi connectivity index (χ3v) is 5.74. The maximum absolute atomic E-state index is 13.5. The highest BCUT2D eigenvalue weighted by molar-refractivity contribution is 5.92. The Morgan fingerprint density at radius 3 is 2.71 bits per heavy atom. The van der Waals surface area contributed by atoms with Gasteiger partial charge in [0.1, 0.15) is 5.69 Å². The van der Waals surface area contributed by atoms with E-state index in [4.69, 9.17) is 0 Å². The SMILES string of the molecule is O=C(c1cnccn1)N1CCC[C@H](n2c(=O)n(Cc3ccccc3)c3cccnc32)C1. The van der Waals surface area contributed by atoms with Crippen LogP contribution in [0, 0.1) is 0 Å². The summed E-state index contributed by atoms with van der Waals surface area (Å²) in [5.74, 6) is -0.160. The molecule has 0 radical (unpaired) electrons. The Hall–Kier alpha value is -3.81. The number of piperidine rings is 1. The summed E-state index contributed by atoms with van der Waals surface area (Å²) < 4.78 is 3.52. The van der Waals surface area contributed by atoms with Gasteiger partial charge in [-0.2, -0.15) is 0 Å². The lowest BCUT2D eigenvalue weighted by Crippen LogP contribution is -2.43. The Morgan fingerprint density at radius 1 is 1.03 bits per heavy atom. The van der Waals surface area contributed by atoms with Gasteiger partial charge in [-0.3, -0.25) is 18.9 Å². The molecule has 1 aromatic carbocycles. The lowest BCUT2D eigenvalue weighted by molar-refractivity contribution is 0.0672. The summed E-state index contributed by atoms with van der Waals surface area (Å²) in [4.78, 5) is 40.8. The highest BCUT2D eigenvalue weighted by Gasteiger charge is 2.29. The number of carbonyl (C=O) groups is 1. The van der Waals surface area contributed by atoms with Crippen molar-refractivity contribution >= 4 is 17.1 Å². The molecule has 156 valence electrons. The molecule has 0 spiro atoms. The smallest absolute Gasteiger partial charge is 0.330 e. The molecule has 1 aliphatic rings. The Morgan fingerprint density at radius 2 is 1.90 bits per heavy atom. The van der Waals surface area contributed by atoms with Gasteiger partial charge in [-0.25, -0.2) is 14.8 Å². The van der Waals surface area contributed by atoms with Crippen molar-refractivity contribution < 1.29 is 4.79 Å². The van der Waals surface area contributed by atoms with Crippen molar-refractivity contribution in [3.05, 3.63) is 89.0 Å².